The highest BCUT2D eigenvalue weighted by Gasteiger charge is 2.20. The van der Waals surface area contributed by atoms with Crippen molar-refractivity contribution in [3.8, 4) is 16.9 Å². The molecular weight excluding hydrogens is 434 g/mol. The summed E-state index contributed by atoms with van der Waals surface area (Å²) in [5.41, 5.74) is 5.15. The van der Waals surface area contributed by atoms with Gasteiger partial charge in [-0.15, -0.1) is 11.3 Å². The number of carbonyl (C=O) groups excluding carboxylic acids is 1. The number of rotatable bonds is 7. The minimum Gasteiger partial charge on any atom is -0.356 e. The molecule has 0 fully saturated rings. The molecule has 0 spiro atoms. The van der Waals surface area contributed by atoms with Gasteiger partial charge in [-0.25, -0.2) is 9.67 Å². The zero-order valence-corrected chi connectivity index (χ0v) is 20.5. The molecule has 7 nitrogen and oxygen atoms in total. The van der Waals surface area contributed by atoms with Crippen molar-refractivity contribution in [2.75, 3.05) is 6.54 Å². The van der Waals surface area contributed by atoms with Crippen LogP contribution in [0.4, 0.5) is 0 Å². The van der Waals surface area contributed by atoms with Crippen molar-refractivity contribution in [3.63, 3.8) is 0 Å². The van der Waals surface area contributed by atoms with Gasteiger partial charge in [0.25, 0.3) is 5.56 Å². The van der Waals surface area contributed by atoms with Gasteiger partial charge >= 0.3 is 0 Å². The van der Waals surface area contributed by atoms with E-state index in [2.05, 4.69) is 24.1 Å². The Labute approximate surface area is 197 Å². The molecule has 0 bridgehead atoms. The van der Waals surface area contributed by atoms with Crippen LogP contribution in [0.2, 0.25) is 0 Å². The van der Waals surface area contributed by atoms with E-state index in [9.17, 15) is 9.59 Å². The number of hydrogen-bond acceptors (Lipinski definition) is 5. The maximum Gasteiger partial charge on any atom is 0.268 e. The van der Waals surface area contributed by atoms with Gasteiger partial charge in [0.2, 0.25) is 5.91 Å². The van der Waals surface area contributed by atoms with Crippen LogP contribution in [0, 0.1) is 26.7 Å². The minimum atomic E-state index is -0.197. The zero-order chi connectivity index (χ0) is 23.7. The summed E-state index contributed by atoms with van der Waals surface area (Å²) < 4.78 is 3.38. The van der Waals surface area contributed by atoms with Crippen LogP contribution in [0.15, 0.2) is 40.5 Å². The Morgan fingerprint density at radius 1 is 1.15 bits per heavy atom. The fourth-order valence-corrected chi connectivity index (χ4v) is 4.72. The molecular formula is C25H29N5O2S. The third-order valence-electron chi connectivity index (χ3n) is 5.63. The van der Waals surface area contributed by atoms with Crippen molar-refractivity contribution in [1.29, 1.82) is 0 Å². The number of thiazole rings is 1. The summed E-state index contributed by atoms with van der Waals surface area (Å²) in [7, 11) is 0. The summed E-state index contributed by atoms with van der Waals surface area (Å²) in [6.07, 6.45) is 1.06. The Bertz CT molecular complexity index is 1360. The minimum absolute atomic E-state index is 0.0936. The Balaban J connectivity index is 1.70. The van der Waals surface area contributed by atoms with Gasteiger partial charge in [0.1, 0.15) is 5.69 Å². The first kappa shape index (κ1) is 22.9. The Hall–Kier alpha value is -3.26. The summed E-state index contributed by atoms with van der Waals surface area (Å²) >= 11 is 1.37. The van der Waals surface area contributed by atoms with Crippen LogP contribution in [-0.2, 0) is 11.2 Å². The molecule has 3 aromatic heterocycles. The molecule has 0 atom stereocenters. The van der Waals surface area contributed by atoms with E-state index >= 15 is 0 Å². The van der Waals surface area contributed by atoms with Crippen LogP contribution in [-0.4, -0.2) is 31.6 Å². The SMILES string of the molecule is Cc1ccc(-n2nc(-c3c(C)nc4scc(CC(=O)NCCC(C)C)n4c3=O)cc2C)cc1. The number of aryl methyl sites for hydroxylation is 3. The number of nitrogens with one attached hydrogen (secondary N) is 1. The number of nitrogens with zero attached hydrogens (tertiary/aromatic N) is 4. The third kappa shape index (κ3) is 4.75. The highest BCUT2D eigenvalue weighted by atomic mass is 32.1. The van der Waals surface area contributed by atoms with Crippen LogP contribution in [0.25, 0.3) is 21.9 Å². The van der Waals surface area contributed by atoms with Crippen molar-refractivity contribution in [2.24, 2.45) is 5.92 Å². The largest absolute Gasteiger partial charge is 0.356 e. The van der Waals surface area contributed by atoms with Crippen molar-refractivity contribution in [1.82, 2.24) is 24.5 Å². The monoisotopic (exact) mass is 463 g/mol. The van der Waals surface area contributed by atoms with Gasteiger partial charge in [-0.05, 0) is 51.3 Å². The number of aromatic nitrogens is 4. The van der Waals surface area contributed by atoms with Crippen LogP contribution in [0.5, 0.6) is 0 Å². The van der Waals surface area contributed by atoms with E-state index in [0.29, 0.717) is 40.1 Å². The highest BCUT2D eigenvalue weighted by molar-refractivity contribution is 7.15. The molecule has 1 aromatic carbocycles. The fraction of sp³-hybridized carbons (Fsp3) is 0.360. The molecule has 1 N–H and O–H groups in total. The Morgan fingerprint density at radius 3 is 2.58 bits per heavy atom. The van der Waals surface area contributed by atoms with E-state index in [1.54, 1.807) is 4.40 Å². The van der Waals surface area contributed by atoms with E-state index in [4.69, 9.17) is 5.10 Å². The third-order valence-corrected chi connectivity index (χ3v) is 6.50. The van der Waals surface area contributed by atoms with Gasteiger partial charge in [-0.1, -0.05) is 31.5 Å². The molecule has 0 saturated heterocycles. The second kappa shape index (κ2) is 9.31. The molecule has 1 amide bonds. The lowest BCUT2D eigenvalue weighted by Crippen LogP contribution is -2.28. The van der Waals surface area contributed by atoms with E-state index in [0.717, 1.165) is 17.8 Å². The second-order valence-corrected chi connectivity index (χ2v) is 9.69. The van der Waals surface area contributed by atoms with E-state index in [-0.39, 0.29) is 17.9 Å². The summed E-state index contributed by atoms with van der Waals surface area (Å²) in [6, 6.07) is 9.99. The van der Waals surface area contributed by atoms with Crippen molar-refractivity contribution in [3.05, 3.63) is 68.7 Å². The maximum absolute atomic E-state index is 13.6. The highest BCUT2D eigenvalue weighted by Crippen LogP contribution is 2.23. The standard InChI is InChI=1S/C25H29N5O2S/c1-15(2)10-11-26-22(31)13-20-14-33-25-27-18(5)23(24(32)29(20)25)21-12-17(4)30(28-21)19-8-6-16(3)7-9-19/h6-9,12,14-15H,10-11,13H2,1-5H3,(H,26,31). The van der Waals surface area contributed by atoms with Crippen molar-refractivity contribution >= 4 is 22.2 Å². The second-order valence-electron chi connectivity index (χ2n) is 8.85. The topological polar surface area (TPSA) is 81.3 Å². The zero-order valence-electron chi connectivity index (χ0n) is 19.7. The van der Waals surface area contributed by atoms with Crippen molar-refractivity contribution in [2.45, 2.75) is 47.5 Å². The smallest absolute Gasteiger partial charge is 0.268 e. The molecule has 0 aliphatic heterocycles. The van der Waals surface area contributed by atoms with Crippen LogP contribution < -0.4 is 10.9 Å². The van der Waals surface area contributed by atoms with Gasteiger partial charge in [-0.2, -0.15) is 5.10 Å². The normalized spacial score (nSPS) is 11.5. The predicted octanol–water partition coefficient (Wildman–Crippen LogP) is 4.24. The number of amides is 1. The summed E-state index contributed by atoms with van der Waals surface area (Å²) in [5, 5.41) is 9.51. The van der Waals surface area contributed by atoms with Crippen LogP contribution in [0.1, 0.15) is 42.9 Å². The summed E-state index contributed by atoms with van der Waals surface area (Å²) in [4.78, 5) is 31.2. The lowest BCUT2D eigenvalue weighted by Gasteiger charge is -2.08. The predicted molar refractivity (Wildman–Crippen MR) is 132 cm³/mol. The van der Waals surface area contributed by atoms with Gasteiger partial charge in [0.05, 0.1) is 23.4 Å². The Morgan fingerprint density at radius 2 is 1.88 bits per heavy atom. The van der Waals surface area contributed by atoms with Crippen LogP contribution in [0.3, 0.4) is 0 Å². The molecule has 4 aromatic rings. The molecule has 172 valence electrons. The number of carbonyl (C=O) groups is 1. The van der Waals surface area contributed by atoms with Gasteiger partial charge < -0.3 is 5.32 Å². The first-order valence-corrected chi connectivity index (χ1v) is 12.0. The summed E-state index contributed by atoms with van der Waals surface area (Å²) in [5.74, 6) is 0.427. The molecule has 8 heteroatoms. The number of hydrogen-bond donors (Lipinski definition) is 1. The Kier molecular flexibility index (Phi) is 6.47. The first-order valence-electron chi connectivity index (χ1n) is 11.1. The lowest BCUT2D eigenvalue weighted by molar-refractivity contribution is -0.120. The van der Waals surface area contributed by atoms with Gasteiger partial charge in [0, 0.05) is 23.3 Å². The summed E-state index contributed by atoms with van der Waals surface area (Å²) in [6.45, 7) is 10.7. The van der Waals surface area contributed by atoms with Gasteiger partial charge in [0.15, 0.2) is 4.96 Å². The van der Waals surface area contributed by atoms with Crippen molar-refractivity contribution < 1.29 is 4.79 Å². The number of fused-ring (bicyclic) bond motifs is 1. The molecule has 4 rings (SSSR count). The molecule has 3 heterocycles. The van der Waals surface area contributed by atoms with E-state index in [1.165, 1.54) is 16.9 Å². The lowest BCUT2D eigenvalue weighted by atomic mass is 10.1. The number of benzene rings is 1. The molecule has 0 aliphatic rings. The van der Waals surface area contributed by atoms with Crippen LogP contribution >= 0.6 is 11.3 Å². The fourth-order valence-electron chi connectivity index (χ4n) is 3.80. The maximum atomic E-state index is 13.6. The quantitative estimate of drug-likeness (QED) is 0.445. The first-order chi connectivity index (χ1) is 15.7. The molecule has 0 unspecified atom stereocenters. The van der Waals surface area contributed by atoms with E-state index < -0.39 is 0 Å². The van der Waals surface area contributed by atoms with Gasteiger partial charge in [-0.3, -0.25) is 14.0 Å². The molecule has 0 radical (unpaired) electrons. The van der Waals surface area contributed by atoms with E-state index in [1.807, 2.05) is 61.2 Å². The molecule has 0 saturated carbocycles. The average molecular weight is 464 g/mol. The average Bonchev–Trinajstić information content (AvgIpc) is 3.32. The molecule has 33 heavy (non-hydrogen) atoms. The molecule has 0 aliphatic carbocycles.